The van der Waals surface area contributed by atoms with Gasteiger partial charge >= 0.3 is 19.8 Å². The maximum atomic E-state index is 13.5. The van der Waals surface area contributed by atoms with Gasteiger partial charge in [0.2, 0.25) is 0 Å². The molecule has 0 aromatic heterocycles. The van der Waals surface area contributed by atoms with E-state index in [0.717, 1.165) is 11.1 Å². The lowest BCUT2D eigenvalue weighted by Crippen LogP contribution is -2.37. The van der Waals surface area contributed by atoms with Crippen LogP contribution in [0.4, 0.5) is 5.69 Å². The molecule has 3 aromatic carbocycles. The maximum absolute atomic E-state index is 13.5. The first-order valence-electron chi connectivity index (χ1n) is 8.63. The third-order valence-electron chi connectivity index (χ3n) is 4.29. The monoisotopic (exact) mass is 559 g/mol. The lowest BCUT2D eigenvalue weighted by molar-refractivity contribution is 0.584. The van der Waals surface area contributed by atoms with Gasteiger partial charge in [-0.1, -0.05) is 47.5 Å². The van der Waals surface area contributed by atoms with Crippen LogP contribution in [0.1, 0.15) is 11.1 Å². The molecule has 0 fully saturated rings. The number of aryl methyl sites for hydroxylation is 2. The van der Waals surface area contributed by atoms with Crippen LogP contribution in [-0.2, 0) is 26.2 Å². The summed E-state index contributed by atoms with van der Waals surface area (Å²) in [6.45, 7) is 3.52. The molecule has 0 amide bonds. The highest BCUT2D eigenvalue weighted by Crippen LogP contribution is 2.36. The molecule has 0 radical (unpaired) electrons. The summed E-state index contributed by atoms with van der Waals surface area (Å²) in [6, 6.07) is 16.5. The summed E-state index contributed by atoms with van der Waals surface area (Å²) < 4.78 is 77.5. The fourth-order valence-electron chi connectivity index (χ4n) is 2.73. The lowest BCUT2D eigenvalue weighted by Gasteiger charge is -2.25. The van der Waals surface area contributed by atoms with E-state index in [9.17, 15) is 23.0 Å². The highest BCUT2D eigenvalue weighted by Gasteiger charge is 2.38. The molecule has 0 aliphatic carbocycles. The van der Waals surface area contributed by atoms with Gasteiger partial charge in [0, 0.05) is 0 Å². The molecule has 0 saturated heterocycles. The van der Waals surface area contributed by atoms with E-state index in [0.29, 0.717) is 0 Å². The van der Waals surface area contributed by atoms with Crippen molar-refractivity contribution in [3.8, 4) is 0 Å². The van der Waals surface area contributed by atoms with Crippen molar-refractivity contribution in [2.75, 3.05) is 3.71 Å². The Morgan fingerprint density at radius 2 is 1.03 bits per heavy atom. The highest BCUT2D eigenvalue weighted by atomic mass is 127. The first kappa shape index (κ1) is 22.4. The number of rotatable bonds is 6. The zero-order valence-corrected chi connectivity index (χ0v) is 19.8. The van der Waals surface area contributed by atoms with E-state index >= 15 is 0 Å². The summed E-state index contributed by atoms with van der Waals surface area (Å²) in [7, 11) is -9.30. The lowest BCUT2D eigenvalue weighted by atomic mass is 10.2. The zero-order chi connectivity index (χ0) is 22.1. The van der Waals surface area contributed by atoms with E-state index in [1.807, 2.05) is 0 Å². The van der Waals surface area contributed by atoms with Gasteiger partial charge in [0.1, 0.15) is 3.57 Å². The van der Waals surface area contributed by atoms with Crippen LogP contribution in [0.25, 0.3) is 0 Å². The van der Waals surface area contributed by atoms with Crippen molar-refractivity contribution in [3.05, 3.63) is 87.5 Å². The molecule has 10 heteroatoms. The van der Waals surface area contributed by atoms with Crippen LogP contribution in [-0.4, -0.2) is 16.8 Å². The van der Waals surface area contributed by atoms with Crippen LogP contribution in [0.5, 0.6) is 0 Å². The van der Waals surface area contributed by atoms with Crippen LogP contribution in [0.3, 0.4) is 0 Å². The van der Waals surface area contributed by atoms with Crippen molar-refractivity contribution in [2.45, 2.75) is 23.6 Å². The van der Waals surface area contributed by atoms with Crippen LogP contribution in [0.2, 0.25) is 0 Å². The fraction of sp³-hybridized carbons (Fsp3) is 0.100. The Morgan fingerprint density at radius 1 is 0.633 bits per heavy atom. The second-order valence-electron chi connectivity index (χ2n) is 6.50. The summed E-state index contributed by atoms with van der Waals surface area (Å²) in [5.74, 6) is 0. The van der Waals surface area contributed by atoms with E-state index in [1.54, 1.807) is 13.8 Å². The Bertz CT molecular complexity index is 1280. The Labute approximate surface area is 182 Å². The molecule has 0 spiro atoms. The third-order valence-corrected chi connectivity index (χ3v) is 10.3. The number of benzene rings is 3. The van der Waals surface area contributed by atoms with Crippen molar-refractivity contribution in [1.29, 1.82) is 0 Å². The van der Waals surface area contributed by atoms with Crippen LogP contribution < -0.4 is 3.71 Å². The Kier molecular flexibility index (Phi) is 6.29. The second kappa shape index (κ2) is 8.44. The fourth-order valence-corrected chi connectivity index (χ4v) is 8.16. The molecule has 0 atom stereocenters. The summed E-state index contributed by atoms with van der Waals surface area (Å²) >= 11 is -4.23. The normalized spacial score (nSPS) is 12.1. The molecule has 0 aliphatic heterocycles. The number of nitrogens with zero attached hydrogens (tertiary/aromatic N) is 1. The maximum Gasteiger partial charge on any atom is 0.343 e. The van der Waals surface area contributed by atoms with E-state index in [1.165, 1.54) is 72.8 Å². The van der Waals surface area contributed by atoms with Crippen LogP contribution >= 0.6 is 19.8 Å². The number of sulfonamides is 2. The Hall–Kier alpha value is -2.31. The largest absolute Gasteiger partial charge is 0.343 e. The van der Waals surface area contributed by atoms with Gasteiger partial charge < -0.3 is 0 Å². The Morgan fingerprint density at radius 3 is 1.43 bits per heavy atom. The number of anilines is 1. The van der Waals surface area contributed by atoms with Crippen molar-refractivity contribution >= 4 is 45.5 Å². The van der Waals surface area contributed by atoms with Gasteiger partial charge in [-0.25, -0.2) is 23.0 Å². The molecule has 0 heterocycles. The van der Waals surface area contributed by atoms with Gasteiger partial charge in [0.25, 0.3) is 20.0 Å². The molecule has 3 rings (SSSR count). The highest BCUT2D eigenvalue weighted by molar-refractivity contribution is 14.2. The van der Waals surface area contributed by atoms with E-state index in [4.69, 9.17) is 0 Å². The van der Waals surface area contributed by atoms with Gasteiger partial charge in [-0.2, -0.15) is 3.71 Å². The van der Waals surface area contributed by atoms with Crippen LogP contribution in [0.15, 0.2) is 82.6 Å². The van der Waals surface area contributed by atoms with Crippen molar-refractivity contribution < 1.29 is 23.0 Å². The number of halogens is 1. The van der Waals surface area contributed by atoms with Gasteiger partial charge in [-0.3, -0.25) is 0 Å². The molecule has 7 nitrogen and oxygen atoms in total. The van der Waals surface area contributed by atoms with Gasteiger partial charge in [-0.15, -0.1) is 0 Å². The minimum Gasteiger partial charge on any atom is -0.230 e. The predicted octanol–water partition coefficient (Wildman–Crippen LogP) is 4.25. The summed E-state index contributed by atoms with van der Waals surface area (Å²) in [5, 5.41) is 0. The molecule has 0 unspecified atom stereocenters. The van der Waals surface area contributed by atoms with Crippen molar-refractivity contribution in [1.82, 2.24) is 0 Å². The molecule has 158 valence electrons. The van der Waals surface area contributed by atoms with Gasteiger partial charge in [0.05, 0.1) is 15.5 Å². The standard InChI is InChI=1S/C20H18INO6S2/c1-15-7-11-17(12-8-15)29(25,26)22(20-6-4-3-5-19(20)21(23)24)30(27,28)18-13-9-16(2)10-14-18/h3-14H,1-2H3. The second-order valence-corrected chi connectivity index (χ2v) is 12.7. The smallest absolute Gasteiger partial charge is 0.230 e. The first-order chi connectivity index (χ1) is 14.0. The van der Waals surface area contributed by atoms with Crippen molar-refractivity contribution in [2.24, 2.45) is 0 Å². The topological polar surface area (TPSA) is 106 Å². The molecule has 30 heavy (non-hydrogen) atoms. The SMILES string of the molecule is Cc1ccc(S(=O)(=O)N(c2ccccc2I(=O)=O)S(=O)(=O)c2ccc(C)cc2)cc1. The first-order valence-corrected chi connectivity index (χ1v) is 14.4. The summed E-state index contributed by atoms with van der Waals surface area (Å²) in [6.07, 6.45) is 0. The zero-order valence-electron chi connectivity index (χ0n) is 16.0. The molecule has 0 N–H and O–H groups in total. The number of hydrogen-bond donors (Lipinski definition) is 0. The number of para-hydroxylation sites is 1. The Balaban J connectivity index is 2.35. The molecular weight excluding hydrogens is 541 g/mol. The molecule has 3 aromatic rings. The van der Waals surface area contributed by atoms with Crippen molar-refractivity contribution in [3.63, 3.8) is 0 Å². The summed E-state index contributed by atoms with van der Waals surface area (Å²) in [5.41, 5.74) is 1.15. The van der Waals surface area contributed by atoms with Gasteiger partial charge in [0.15, 0.2) is 0 Å². The average molecular weight is 559 g/mol. The molecule has 0 aliphatic rings. The molecule has 0 saturated carbocycles. The predicted molar refractivity (Wildman–Crippen MR) is 120 cm³/mol. The summed E-state index contributed by atoms with van der Waals surface area (Å²) in [4.78, 5) is -0.536. The van der Waals surface area contributed by atoms with E-state index < -0.39 is 45.5 Å². The number of hydrogen-bond acceptors (Lipinski definition) is 6. The molecule has 0 bridgehead atoms. The van der Waals surface area contributed by atoms with Gasteiger partial charge in [-0.05, 0) is 50.2 Å². The average Bonchev–Trinajstić information content (AvgIpc) is 2.68. The third kappa shape index (κ3) is 4.25. The van der Waals surface area contributed by atoms with E-state index in [-0.39, 0.29) is 17.1 Å². The quantitative estimate of drug-likeness (QED) is 0.418. The van der Waals surface area contributed by atoms with Crippen LogP contribution in [0, 0.1) is 17.4 Å². The minimum atomic E-state index is -4.65. The molecular formula is C20H18INO6S2. The minimum absolute atomic E-state index is 0.213. The van der Waals surface area contributed by atoms with E-state index in [2.05, 4.69) is 0 Å².